The number of fused-ring (bicyclic) bond motifs is 1. The summed E-state index contributed by atoms with van der Waals surface area (Å²) in [4.78, 5) is 4.58. The van der Waals surface area contributed by atoms with Gasteiger partial charge in [0.1, 0.15) is 5.82 Å². The summed E-state index contributed by atoms with van der Waals surface area (Å²) in [6.07, 6.45) is 6.93. The van der Waals surface area contributed by atoms with Crippen LogP contribution in [0.15, 0.2) is 12.7 Å². The van der Waals surface area contributed by atoms with Crippen molar-refractivity contribution in [3.8, 4) is 0 Å². The number of imidazole rings is 1. The molecule has 2 nitrogen and oxygen atoms in total. The number of nitrogens with zero attached hydrogens (tertiary/aromatic N) is 2. The van der Waals surface area contributed by atoms with Crippen molar-refractivity contribution >= 4 is 0 Å². The maximum absolute atomic E-state index is 4.58. The molecule has 0 radical (unpaired) electrons. The number of allylic oxidation sites excluding steroid dienone is 1. The lowest BCUT2D eigenvalue weighted by Gasteiger charge is -2.13. The Morgan fingerprint density at radius 3 is 3.00 bits per heavy atom. The summed E-state index contributed by atoms with van der Waals surface area (Å²) in [5.41, 5.74) is 2.77. The van der Waals surface area contributed by atoms with Gasteiger partial charge in [0.25, 0.3) is 0 Å². The highest BCUT2D eigenvalue weighted by Gasteiger charge is 2.16. The maximum atomic E-state index is 4.58. The zero-order valence-electron chi connectivity index (χ0n) is 8.21. The maximum Gasteiger partial charge on any atom is 0.106 e. The molecule has 13 heavy (non-hydrogen) atoms. The fourth-order valence-electron chi connectivity index (χ4n) is 2.11. The smallest absolute Gasteiger partial charge is 0.106 e. The molecule has 1 aromatic rings. The fraction of sp³-hybridized carbons (Fsp3) is 0.545. The van der Waals surface area contributed by atoms with E-state index in [1.165, 1.54) is 37.1 Å². The molecule has 0 amide bonds. The monoisotopic (exact) mass is 176 g/mol. The van der Waals surface area contributed by atoms with Gasteiger partial charge in [-0.3, -0.25) is 0 Å². The highest BCUT2D eigenvalue weighted by Crippen LogP contribution is 2.21. The predicted octanol–water partition coefficient (Wildman–Crippen LogP) is 2.26. The van der Waals surface area contributed by atoms with E-state index in [-0.39, 0.29) is 0 Å². The first kappa shape index (κ1) is 8.54. The first-order chi connectivity index (χ1) is 6.33. The van der Waals surface area contributed by atoms with E-state index in [1.54, 1.807) is 0 Å². The van der Waals surface area contributed by atoms with Crippen LogP contribution in [0.1, 0.15) is 30.1 Å². The van der Waals surface area contributed by atoms with E-state index in [0.29, 0.717) is 0 Å². The fourth-order valence-corrected chi connectivity index (χ4v) is 2.11. The van der Waals surface area contributed by atoms with E-state index in [4.69, 9.17) is 0 Å². The minimum Gasteiger partial charge on any atom is -0.328 e. The van der Waals surface area contributed by atoms with Crippen LogP contribution >= 0.6 is 0 Å². The molecular formula is C11H16N2. The number of aromatic nitrogens is 2. The van der Waals surface area contributed by atoms with Gasteiger partial charge >= 0.3 is 0 Å². The quantitative estimate of drug-likeness (QED) is 0.632. The second-order valence-electron chi connectivity index (χ2n) is 3.66. The van der Waals surface area contributed by atoms with E-state index >= 15 is 0 Å². The Hall–Kier alpha value is -1.05. The lowest BCUT2D eigenvalue weighted by Crippen LogP contribution is -2.08. The second-order valence-corrected chi connectivity index (χ2v) is 3.66. The molecule has 0 unspecified atom stereocenters. The summed E-state index contributed by atoms with van der Waals surface area (Å²) in [7, 11) is 0. The lowest BCUT2D eigenvalue weighted by atomic mass is 10.0. The zero-order chi connectivity index (χ0) is 9.26. The first-order valence-corrected chi connectivity index (χ1v) is 4.98. The normalized spacial score (nSPS) is 15.5. The van der Waals surface area contributed by atoms with Crippen LogP contribution in [0.3, 0.4) is 0 Å². The van der Waals surface area contributed by atoms with Gasteiger partial charge in [-0.2, -0.15) is 0 Å². The molecule has 0 spiro atoms. The predicted molar refractivity (Wildman–Crippen MR) is 53.8 cm³/mol. The summed E-state index contributed by atoms with van der Waals surface area (Å²) in [5, 5.41) is 0. The summed E-state index contributed by atoms with van der Waals surface area (Å²) >= 11 is 0. The number of hydrogen-bond acceptors (Lipinski definition) is 1. The molecule has 1 heterocycles. The summed E-state index contributed by atoms with van der Waals surface area (Å²) < 4.78 is 2.29. The third-order valence-corrected chi connectivity index (χ3v) is 2.74. The molecule has 1 aliphatic rings. The molecule has 0 N–H and O–H groups in total. The van der Waals surface area contributed by atoms with Crippen LogP contribution in [0.2, 0.25) is 0 Å². The van der Waals surface area contributed by atoms with E-state index in [2.05, 4.69) is 23.1 Å². The molecule has 0 aliphatic heterocycles. The molecule has 2 rings (SSSR count). The van der Waals surface area contributed by atoms with Gasteiger partial charge in [0.05, 0.1) is 5.69 Å². The van der Waals surface area contributed by atoms with E-state index in [0.717, 1.165) is 12.4 Å². The first-order valence-electron chi connectivity index (χ1n) is 4.98. The SMILES string of the molecule is C=CCn1c(C)nc2c1CCCC2. The summed E-state index contributed by atoms with van der Waals surface area (Å²) in [5.74, 6) is 1.15. The van der Waals surface area contributed by atoms with Gasteiger partial charge in [0.2, 0.25) is 0 Å². The van der Waals surface area contributed by atoms with Crippen molar-refractivity contribution in [1.29, 1.82) is 0 Å². The summed E-state index contributed by atoms with van der Waals surface area (Å²) in [6.45, 7) is 6.77. The molecule has 70 valence electrons. The van der Waals surface area contributed by atoms with Crippen molar-refractivity contribution < 1.29 is 0 Å². The third kappa shape index (κ3) is 1.41. The highest BCUT2D eigenvalue weighted by molar-refractivity contribution is 5.20. The molecule has 0 fully saturated rings. The van der Waals surface area contributed by atoms with Crippen molar-refractivity contribution in [1.82, 2.24) is 9.55 Å². The van der Waals surface area contributed by atoms with Crippen molar-refractivity contribution in [2.75, 3.05) is 0 Å². The number of hydrogen-bond donors (Lipinski definition) is 0. The minimum atomic E-state index is 0.911. The van der Waals surface area contributed by atoms with Gasteiger partial charge in [-0.1, -0.05) is 6.08 Å². The van der Waals surface area contributed by atoms with E-state index in [9.17, 15) is 0 Å². The number of aryl methyl sites for hydroxylation is 2. The third-order valence-electron chi connectivity index (χ3n) is 2.74. The van der Waals surface area contributed by atoms with Crippen molar-refractivity contribution in [2.45, 2.75) is 39.2 Å². The van der Waals surface area contributed by atoms with E-state index in [1.807, 2.05) is 6.08 Å². The van der Waals surface area contributed by atoms with Gasteiger partial charge in [0, 0.05) is 12.2 Å². The average molecular weight is 176 g/mol. The summed E-state index contributed by atoms with van der Waals surface area (Å²) in [6, 6.07) is 0. The van der Waals surface area contributed by atoms with Crippen LogP contribution in [0.25, 0.3) is 0 Å². The standard InChI is InChI=1S/C11H16N2/c1-3-8-13-9(2)12-10-6-4-5-7-11(10)13/h3H,1,4-8H2,2H3. The Morgan fingerprint density at radius 2 is 2.23 bits per heavy atom. The second kappa shape index (κ2) is 3.36. The van der Waals surface area contributed by atoms with Crippen molar-refractivity contribution in [3.63, 3.8) is 0 Å². The lowest BCUT2D eigenvalue weighted by molar-refractivity contribution is 0.628. The van der Waals surface area contributed by atoms with Gasteiger partial charge in [0.15, 0.2) is 0 Å². The minimum absolute atomic E-state index is 0.911. The average Bonchev–Trinajstić information content (AvgIpc) is 2.44. The molecule has 2 heteroatoms. The molecule has 0 bridgehead atoms. The van der Waals surface area contributed by atoms with Gasteiger partial charge in [-0.15, -0.1) is 6.58 Å². The highest BCUT2D eigenvalue weighted by atomic mass is 15.1. The van der Waals surface area contributed by atoms with Crippen molar-refractivity contribution in [2.24, 2.45) is 0 Å². The van der Waals surface area contributed by atoms with Gasteiger partial charge in [-0.05, 0) is 32.6 Å². The number of rotatable bonds is 2. The van der Waals surface area contributed by atoms with Crippen LogP contribution in [0, 0.1) is 6.92 Å². The van der Waals surface area contributed by atoms with Crippen LogP contribution < -0.4 is 0 Å². The molecule has 1 aliphatic carbocycles. The van der Waals surface area contributed by atoms with Crippen molar-refractivity contribution in [3.05, 3.63) is 29.9 Å². The Balaban J connectivity index is 2.41. The molecular weight excluding hydrogens is 160 g/mol. The van der Waals surface area contributed by atoms with Crippen LogP contribution in [0.4, 0.5) is 0 Å². The largest absolute Gasteiger partial charge is 0.328 e. The molecule has 0 saturated heterocycles. The molecule has 0 saturated carbocycles. The van der Waals surface area contributed by atoms with Crippen LogP contribution in [0.5, 0.6) is 0 Å². The topological polar surface area (TPSA) is 17.8 Å². The molecule has 0 aromatic carbocycles. The molecule has 0 atom stereocenters. The van der Waals surface area contributed by atoms with E-state index < -0.39 is 0 Å². The zero-order valence-corrected chi connectivity index (χ0v) is 8.21. The Kier molecular flexibility index (Phi) is 2.21. The van der Waals surface area contributed by atoms with Crippen LogP contribution in [-0.2, 0) is 19.4 Å². The van der Waals surface area contributed by atoms with Gasteiger partial charge < -0.3 is 4.57 Å². The Morgan fingerprint density at radius 1 is 1.46 bits per heavy atom. The van der Waals surface area contributed by atoms with Gasteiger partial charge in [-0.25, -0.2) is 4.98 Å². The molecule has 1 aromatic heterocycles. The Bertz CT molecular complexity index is 323. The Labute approximate surface area is 79.3 Å². The van der Waals surface area contributed by atoms with Crippen LogP contribution in [-0.4, -0.2) is 9.55 Å².